The van der Waals surface area contributed by atoms with E-state index in [1.54, 1.807) is 6.07 Å². The van der Waals surface area contributed by atoms with Crippen molar-refractivity contribution in [1.29, 1.82) is 0 Å². The normalized spacial score (nSPS) is 25.2. The largest absolute Gasteiger partial charge is 0.352 e. The van der Waals surface area contributed by atoms with E-state index in [1.807, 2.05) is 30.1 Å². The van der Waals surface area contributed by atoms with Crippen molar-refractivity contribution < 1.29 is 4.79 Å². The van der Waals surface area contributed by atoms with Crippen molar-refractivity contribution in [1.82, 2.24) is 20.2 Å². The average Bonchev–Trinajstić information content (AvgIpc) is 3.24. The minimum absolute atomic E-state index is 0.0379. The van der Waals surface area contributed by atoms with E-state index >= 15 is 0 Å². The van der Waals surface area contributed by atoms with Crippen molar-refractivity contribution >= 4 is 16.8 Å². The maximum atomic E-state index is 12.5. The standard InChI is InChI=1S/C21H28N4O2/c1-13(17-10-14-7-8-15(17)9-14)22-20(26)12-25(2)11-19-23-18-6-4-3-5-16(18)21(27)24-19/h3-6,13-15,17H,7-12H2,1-2H3,(H,22,26)(H,23,24,27). The van der Waals surface area contributed by atoms with Gasteiger partial charge < -0.3 is 10.3 Å². The molecule has 4 rings (SSSR count). The second kappa shape index (κ2) is 7.43. The zero-order valence-electron chi connectivity index (χ0n) is 16.1. The molecule has 27 heavy (non-hydrogen) atoms. The van der Waals surface area contributed by atoms with Crippen LogP contribution in [0.25, 0.3) is 10.9 Å². The number of benzene rings is 1. The Morgan fingerprint density at radius 2 is 2.15 bits per heavy atom. The molecule has 2 aliphatic rings. The number of para-hydroxylation sites is 1. The van der Waals surface area contributed by atoms with Crippen molar-refractivity contribution in [2.75, 3.05) is 13.6 Å². The quantitative estimate of drug-likeness (QED) is 0.820. The molecule has 2 aliphatic carbocycles. The number of aromatic nitrogens is 2. The number of hydrogen-bond acceptors (Lipinski definition) is 4. The predicted molar refractivity (Wildman–Crippen MR) is 105 cm³/mol. The van der Waals surface area contributed by atoms with E-state index in [9.17, 15) is 9.59 Å². The lowest BCUT2D eigenvalue weighted by Gasteiger charge is -2.29. The van der Waals surface area contributed by atoms with Crippen molar-refractivity contribution in [3.8, 4) is 0 Å². The van der Waals surface area contributed by atoms with Gasteiger partial charge in [-0.15, -0.1) is 0 Å². The number of fused-ring (bicyclic) bond motifs is 3. The van der Waals surface area contributed by atoms with Crippen LogP contribution in [0.15, 0.2) is 29.1 Å². The van der Waals surface area contributed by atoms with E-state index in [0.29, 0.717) is 35.7 Å². The third-order valence-electron chi connectivity index (χ3n) is 6.32. The molecule has 144 valence electrons. The van der Waals surface area contributed by atoms with Gasteiger partial charge in [-0.3, -0.25) is 14.5 Å². The number of rotatable bonds is 6. The number of carbonyl (C=O) groups is 1. The molecule has 1 aromatic carbocycles. The number of likely N-dealkylation sites (N-methyl/N-ethyl adjacent to an activating group) is 1. The van der Waals surface area contributed by atoms with Crippen LogP contribution in [0.1, 0.15) is 38.4 Å². The lowest BCUT2D eigenvalue weighted by Crippen LogP contribution is -2.44. The monoisotopic (exact) mass is 368 g/mol. The molecule has 6 nitrogen and oxygen atoms in total. The third-order valence-corrected chi connectivity index (χ3v) is 6.32. The summed E-state index contributed by atoms with van der Waals surface area (Å²) in [5.41, 5.74) is 0.539. The number of amides is 1. The van der Waals surface area contributed by atoms with Crippen molar-refractivity contribution in [2.45, 2.75) is 45.2 Å². The molecule has 2 saturated carbocycles. The summed E-state index contributed by atoms with van der Waals surface area (Å²) in [5.74, 6) is 2.94. The van der Waals surface area contributed by atoms with Gasteiger partial charge in [-0.25, -0.2) is 4.98 Å². The molecular formula is C21H28N4O2. The number of nitrogens with zero attached hydrogens (tertiary/aromatic N) is 2. The van der Waals surface area contributed by atoms with Crippen LogP contribution >= 0.6 is 0 Å². The third kappa shape index (κ3) is 3.90. The van der Waals surface area contributed by atoms with Gasteiger partial charge in [0.05, 0.1) is 24.0 Å². The number of aromatic amines is 1. The Hall–Kier alpha value is -2.21. The van der Waals surface area contributed by atoms with E-state index < -0.39 is 0 Å². The first-order valence-electron chi connectivity index (χ1n) is 9.95. The molecule has 1 amide bonds. The van der Waals surface area contributed by atoms with E-state index in [2.05, 4.69) is 22.2 Å². The molecule has 1 heterocycles. The van der Waals surface area contributed by atoms with E-state index in [-0.39, 0.29) is 17.5 Å². The Labute approximate surface area is 159 Å². The fraction of sp³-hybridized carbons (Fsp3) is 0.571. The molecule has 2 fully saturated rings. The fourth-order valence-corrected chi connectivity index (χ4v) is 5.08. The molecule has 2 bridgehead atoms. The zero-order chi connectivity index (χ0) is 19.0. The minimum atomic E-state index is -0.140. The van der Waals surface area contributed by atoms with Crippen LogP contribution in [-0.2, 0) is 11.3 Å². The Morgan fingerprint density at radius 3 is 2.89 bits per heavy atom. The van der Waals surface area contributed by atoms with Crippen LogP contribution in [-0.4, -0.2) is 40.4 Å². The first kappa shape index (κ1) is 18.2. The van der Waals surface area contributed by atoms with Gasteiger partial charge in [-0.1, -0.05) is 18.6 Å². The highest BCUT2D eigenvalue weighted by Gasteiger charge is 2.42. The lowest BCUT2D eigenvalue weighted by atomic mass is 9.84. The smallest absolute Gasteiger partial charge is 0.258 e. The molecule has 0 spiro atoms. The van der Waals surface area contributed by atoms with Gasteiger partial charge >= 0.3 is 0 Å². The SMILES string of the molecule is CC(NC(=O)CN(C)Cc1nc2ccccc2c(=O)[nH]1)C1CC2CCC1C2. The van der Waals surface area contributed by atoms with Crippen molar-refractivity contribution in [2.24, 2.45) is 17.8 Å². The van der Waals surface area contributed by atoms with E-state index in [1.165, 1.54) is 25.7 Å². The minimum Gasteiger partial charge on any atom is -0.352 e. The van der Waals surface area contributed by atoms with Crippen molar-refractivity contribution in [3.05, 3.63) is 40.4 Å². The summed E-state index contributed by atoms with van der Waals surface area (Å²) >= 11 is 0. The van der Waals surface area contributed by atoms with Gasteiger partial charge in [0.15, 0.2) is 0 Å². The summed E-state index contributed by atoms with van der Waals surface area (Å²) in [5, 5.41) is 3.78. The van der Waals surface area contributed by atoms with Crippen molar-refractivity contribution in [3.63, 3.8) is 0 Å². The van der Waals surface area contributed by atoms with Crippen LogP contribution in [0.5, 0.6) is 0 Å². The Morgan fingerprint density at radius 1 is 1.33 bits per heavy atom. The van der Waals surface area contributed by atoms with Crippen LogP contribution in [0.3, 0.4) is 0 Å². The summed E-state index contributed by atoms with van der Waals surface area (Å²) in [6.45, 7) is 2.86. The van der Waals surface area contributed by atoms with Gasteiger partial charge in [0.2, 0.25) is 5.91 Å². The number of hydrogen-bond donors (Lipinski definition) is 2. The summed E-state index contributed by atoms with van der Waals surface area (Å²) in [6, 6.07) is 7.52. The Balaban J connectivity index is 1.33. The van der Waals surface area contributed by atoms with Gasteiger partial charge in [0.1, 0.15) is 5.82 Å². The van der Waals surface area contributed by atoms with Gasteiger partial charge in [-0.05, 0) is 63.1 Å². The van der Waals surface area contributed by atoms with Crippen LogP contribution in [0, 0.1) is 17.8 Å². The number of carbonyl (C=O) groups excluding carboxylic acids is 1. The lowest BCUT2D eigenvalue weighted by molar-refractivity contribution is -0.123. The van der Waals surface area contributed by atoms with E-state index in [0.717, 1.165) is 11.8 Å². The second-order valence-electron chi connectivity index (χ2n) is 8.40. The molecule has 2 N–H and O–H groups in total. The van der Waals surface area contributed by atoms with Crippen LogP contribution < -0.4 is 10.9 Å². The van der Waals surface area contributed by atoms with Crippen LogP contribution in [0.2, 0.25) is 0 Å². The predicted octanol–water partition coefficient (Wildman–Crippen LogP) is 2.30. The molecule has 0 aliphatic heterocycles. The van der Waals surface area contributed by atoms with Gasteiger partial charge in [0, 0.05) is 6.04 Å². The average molecular weight is 368 g/mol. The Kier molecular flexibility index (Phi) is 5.00. The summed E-state index contributed by atoms with van der Waals surface area (Å²) in [6.07, 6.45) is 5.33. The number of nitrogens with one attached hydrogen (secondary N) is 2. The summed E-state index contributed by atoms with van der Waals surface area (Å²) in [4.78, 5) is 33.8. The molecule has 4 atom stereocenters. The van der Waals surface area contributed by atoms with Gasteiger partial charge in [0.25, 0.3) is 5.56 Å². The highest BCUT2D eigenvalue weighted by molar-refractivity contribution is 5.78. The molecule has 1 aromatic heterocycles. The molecule has 0 radical (unpaired) electrons. The molecular weight excluding hydrogens is 340 g/mol. The molecule has 2 aromatic rings. The fourth-order valence-electron chi connectivity index (χ4n) is 5.08. The zero-order valence-corrected chi connectivity index (χ0v) is 16.1. The second-order valence-corrected chi connectivity index (χ2v) is 8.40. The first-order chi connectivity index (χ1) is 13.0. The number of H-pyrrole nitrogens is 1. The van der Waals surface area contributed by atoms with E-state index in [4.69, 9.17) is 0 Å². The highest BCUT2D eigenvalue weighted by Crippen LogP contribution is 2.49. The summed E-state index contributed by atoms with van der Waals surface area (Å²) < 4.78 is 0. The Bertz CT molecular complexity index is 893. The highest BCUT2D eigenvalue weighted by atomic mass is 16.2. The molecule has 6 heteroatoms. The maximum absolute atomic E-state index is 12.5. The molecule has 0 saturated heterocycles. The first-order valence-corrected chi connectivity index (χ1v) is 9.95. The molecule has 4 unspecified atom stereocenters. The summed E-state index contributed by atoms with van der Waals surface area (Å²) in [7, 11) is 1.87. The van der Waals surface area contributed by atoms with Gasteiger partial charge in [-0.2, -0.15) is 0 Å². The van der Waals surface area contributed by atoms with Crippen LogP contribution in [0.4, 0.5) is 0 Å². The maximum Gasteiger partial charge on any atom is 0.258 e. The topological polar surface area (TPSA) is 78.1 Å².